The Bertz CT molecular complexity index is 1380. The van der Waals surface area contributed by atoms with Gasteiger partial charge in [0, 0.05) is 29.1 Å². The lowest BCUT2D eigenvalue weighted by molar-refractivity contribution is -0.140. The number of carbonyl (C=O) groups excluding carboxylic acids is 2. The highest BCUT2D eigenvalue weighted by atomic mass is 35.5. The number of benzene rings is 3. The second kappa shape index (κ2) is 13.3. The van der Waals surface area contributed by atoms with E-state index in [1.807, 2.05) is 75.4 Å². The molecule has 3 aromatic rings. The fourth-order valence-corrected chi connectivity index (χ4v) is 5.47. The number of nitrogens with one attached hydrogen (secondary N) is 1. The lowest BCUT2D eigenvalue weighted by atomic mass is 10.0. The van der Waals surface area contributed by atoms with Crippen molar-refractivity contribution in [3.8, 4) is 0 Å². The van der Waals surface area contributed by atoms with Crippen LogP contribution in [0.4, 0.5) is 5.69 Å². The van der Waals surface area contributed by atoms with Gasteiger partial charge in [0.2, 0.25) is 21.8 Å². The molecule has 1 atom stereocenters. The van der Waals surface area contributed by atoms with Gasteiger partial charge >= 0.3 is 0 Å². The van der Waals surface area contributed by atoms with Crippen LogP contribution < -0.4 is 9.62 Å². The summed E-state index contributed by atoms with van der Waals surface area (Å²) in [5.74, 6) is -0.872. The monoisotopic (exact) mass is 589 g/mol. The molecule has 0 spiro atoms. The Morgan fingerprint density at radius 2 is 1.49 bits per heavy atom. The predicted molar refractivity (Wildman–Crippen MR) is 158 cm³/mol. The normalized spacial score (nSPS) is 12.2. The van der Waals surface area contributed by atoms with E-state index in [9.17, 15) is 18.0 Å². The highest BCUT2D eigenvalue weighted by Gasteiger charge is 2.33. The van der Waals surface area contributed by atoms with Gasteiger partial charge < -0.3 is 10.2 Å². The molecule has 0 saturated heterocycles. The van der Waals surface area contributed by atoms with Crippen molar-refractivity contribution in [2.45, 2.75) is 45.8 Å². The number of carbonyl (C=O) groups is 2. The van der Waals surface area contributed by atoms with E-state index in [2.05, 4.69) is 5.32 Å². The zero-order valence-electron chi connectivity index (χ0n) is 22.4. The summed E-state index contributed by atoms with van der Waals surface area (Å²) in [5, 5.41) is 3.38. The minimum absolute atomic E-state index is 0.107. The van der Waals surface area contributed by atoms with Crippen LogP contribution in [0.15, 0.2) is 72.8 Å². The molecule has 39 heavy (non-hydrogen) atoms. The van der Waals surface area contributed by atoms with Crippen molar-refractivity contribution >= 4 is 50.7 Å². The van der Waals surface area contributed by atoms with E-state index < -0.39 is 28.5 Å². The number of hydrogen-bond donors (Lipinski definition) is 1. The van der Waals surface area contributed by atoms with Crippen LogP contribution in [0.5, 0.6) is 0 Å². The minimum Gasteiger partial charge on any atom is -0.352 e. The third-order valence-electron chi connectivity index (χ3n) is 5.99. The fraction of sp³-hybridized carbons (Fsp3) is 0.310. The topological polar surface area (TPSA) is 86.8 Å². The predicted octanol–water partition coefficient (Wildman–Crippen LogP) is 5.23. The Morgan fingerprint density at radius 1 is 0.897 bits per heavy atom. The molecule has 10 heteroatoms. The summed E-state index contributed by atoms with van der Waals surface area (Å²) in [6.45, 7) is 5.22. The number of nitrogens with zero attached hydrogens (tertiary/aromatic N) is 2. The van der Waals surface area contributed by atoms with E-state index in [1.165, 1.54) is 23.1 Å². The first-order valence-corrected chi connectivity index (χ1v) is 15.1. The van der Waals surface area contributed by atoms with E-state index in [1.54, 1.807) is 0 Å². The number of anilines is 1. The molecule has 7 nitrogen and oxygen atoms in total. The maximum Gasteiger partial charge on any atom is 0.244 e. The standard InChI is InChI=1S/C29H33Cl2N3O4S/c1-20(2)32-29(36)27(14-22-8-6-5-7-9-22)33(18-23-12-10-21(3)11-13-23)28(35)19-34(39(4,37)38)26-16-24(30)15-25(31)17-26/h5-13,15-17,20,27H,14,18-19H2,1-4H3,(H,32,36). The fourth-order valence-electron chi connectivity index (χ4n) is 4.12. The molecule has 0 aliphatic rings. The van der Waals surface area contributed by atoms with Crippen molar-refractivity contribution in [1.29, 1.82) is 0 Å². The Labute approximate surface area is 240 Å². The van der Waals surface area contributed by atoms with Crippen LogP contribution in [0.25, 0.3) is 0 Å². The maximum atomic E-state index is 14.0. The molecule has 0 radical (unpaired) electrons. The molecular weight excluding hydrogens is 557 g/mol. The van der Waals surface area contributed by atoms with Crippen molar-refractivity contribution in [1.82, 2.24) is 10.2 Å². The number of hydrogen-bond acceptors (Lipinski definition) is 4. The molecule has 2 amide bonds. The maximum absolute atomic E-state index is 14.0. The van der Waals surface area contributed by atoms with Crippen LogP contribution in [0.2, 0.25) is 10.0 Å². The summed E-state index contributed by atoms with van der Waals surface area (Å²) < 4.78 is 26.6. The van der Waals surface area contributed by atoms with Gasteiger partial charge in [-0.1, -0.05) is 83.4 Å². The van der Waals surface area contributed by atoms with Crippen molar-refractivity contribution in [2.75, 3.05) is 17.1 Å². The minimum atomic E-state index is -3.91. The first kappa shape index (κ1) is 30.5. The number of amides is 2. The molecule has 0 fully saturated rings. The first-order valence-electron chi connectivity index (χ1n) is 12.5. The van der Waals surface area contributed by atoms with E-state index in [0.29, 0.717) is 0 Å². The molecule has 0 saturated carbocycles. The second-order valence-corrected chi connectivity index (χ2v) is 12.6. The third kappa shape index (κ3) is 8.98. The molecule has 0 aliphatic carbocycles. The SMILES string of the molecule is Cc1ccc(CN(C(=O)CN(c2cc(Cl)cc(Cl)c2)S(C)(=O)=O)C(Cc2ccccc2)C(=O)NC(C)C)cc1. The van der Waals surface area contributed by atoms with Crippen molar-refractivity contribution < 1.29 is 18.0 Å². The summed E-state index contributed by atoms with van der Waals surface area (Å²) in [5.41, 5.74) is 2.88. The molecule has 3 rings (SSSR count). The Kier molecular flexibility index (Phi) is 10.4. The van der Waals surface area contributed by atoms with Gasteiger partial charge in [0.1, 0.15) is 12.6 Å². The van der Waals surface area contributed by atoms with Crippen LogP contribution in [0.1, 0.15) is 30.5 Å². The summed E-state index contributed by atoms with van der Waals surface area (Å²) in [4.78, 5) is 29.0. The van der Waals surface area contributed by atoms with Gasteiger partial charge in [0.05, 0.1) is 11.9 Å². The number of aryl methyl sites for hydroxylation is 1. The Morgan fingerprint density at radius 3 is 2.03 bits per heavy atom. The average Bonchev–Trinajstić information content (AvgIpc) is 2.84. The lowest BCUT2D eigenvalue weighted by Gasteiger charge is -2.34. The van der Waals surface area contributed by atoms with Gasteiger partial charge in [-0.25, -0.2) is 8.42 Å². The molecule has 1 unspecified atom stereocenters. The van der Waals surface area contributed by atoms with Gasteiger partial charge in [-0.15, -0.1) is 0 Å². The van der Waals surface area contributed by atoms with Gasteiger partial charge in [-0.3, -0.25) is 13.9 Å². The largest absolute Gasteiger partial charge is 0.352 e. The number of rotatable bonds is 11. The van der Waals surface area contributed by atoms with Gasteiger partial charge in [0.25, 0.3) is 0 Å². The molecule has 3 aromatic carbocycles. The van der Waals surface area contributed by atoms with Crippen molar-refractivity contribution in [3.05, 3.63) is 99.5 Å². The van der Waals surface area contributed by atoms with Crippen LogP contribution in [-0.4, -0.2) is 50.0 Å². The van der Waals surface area contributed by atoms with Crippen molar-refractivity contribution in [3.63, 3.8) is 0 Å². The summed E-state index contributed by atoms with van der Waals surface area (Å²) in [6, 6.07) is 20.3. The van der Waals surface area contributed by atoms with Gasteiger partial charge in [-0.05, 0) is 50.1 Å². The molecule has 0 heterocycles. The van der Waals surface area contributed by atoms with Crippen LogP contribution in [-0.2, 0) is 32.6 Å². The first-order chi connectivity index (χ1) is 18.3. The van der Waals surface area contributed by atoms with E-state index in [0.717, 1.165) is 27.3 Å². The van der Waals surface area contributed by atoms with E-state index >= 15 is 0 Å². The van der Waals surface area contributed by atoms with Crippen LogP contribution in [0, 0.1) is 6.92 Å². The Hall–Kier alpha value is -3.07. The number of sulfonamides is 1. The molecular formula is C29H33Cl2N3O4S. The number of halogens is 2. The van der Waals surface area contributed by atoms with E-state index in [-0.39, 0.29) is 40.6 Å². The smallest absolute Gasteiger partial charge is 0.244 e. The molecule has 0 aliphatic heterocycles. The zero-order valence-corrected chi connectivity index (χ0v) is 24.7. The van der Waals surface area contributed by atoms with Gasteiger partial charge in [0.15, 0.2) is 0 Å². The molecule has 1 N–H and O–H groups in total. The average molecular weight is 591 g/mol. The Balaban J connectivity index is 2.06. The second-order valence-electron chi connectivity index (χ2n) is 9.77. The summed E-state index contributed by atoms with van der Waals surface area (Å²) >= 11 is 12.3. The highest BCUT2D eigenvalue weighted by molar-refractivity contribution is 7.92. The summed E-state index contributed by atoms with van der Waals surface area (Å²) in [6.07, 6.45) is 1.26. The summed E-state index contributed by atoms with van der Waals surface area (Å²) in [7, 11) is -3.91. The highest BCUT2D eigenvalue weighted by Crippen LogP contribution is 2.27. The van der Waals surface area contributed by atoms with Gasteiger partial charge in [-0.2, -0.15) is 0 Å². The molecule has 0 bridgehead atoms. The van der Waals surface area contributed by atoms with Crippen LogP contribution in [0.3, 0.4) is 0 Å². The molecule has 0 aromatic heterocycles. The quantitative estimate of drug-likeness (QED) is 0.331. The zero-order chi connectivity index (χ0) is 28.7. The van der Waals surface area contributed by atoms with Crippen molar-refractivity contribution in [2.24, 2.45) is 0 Å². The third-order valence-corrected chi connectivity index (χ3v) is 7.57. The van der Waals surface area contributed by atoms with E-state index in [4.69, 9.17) is 23.2 Å². The van der Waals surface area contributed by atoms with Crippen LogP contribution >= 0.6 is 23.2 Å². The molecule has 208 valence electrons. The lowest BCUT2D eigenvalue weighted by Crippen LogP contribution is -2.54.